The molecule has 1 unspecified atom stereocenters. The van der Waals surface area contributed by atoms with E-state index < -0.39 is 0 Å². The van der Waals surface area contributed by atoms with Crippen molar-refractivity contribution in [2.75, 3.05) is 0 Å². The van der Waals surface area contributed by atoms with Gasteiger partial charge < -0.3 is 10.3 Å². The summed E-state index contributed by atoms with van der Waals surface area (Å²) < 4.78 is 0. The number of aromatic nitrogens is 1. The molecule has 0 saturated carbocycles. The highest BCUT2D eigenvalue weighted by molar-refractivity contribution is 5.87. The Morgan fingerprint density at radius 1 is 1.33 bits per heavy atom. The molecule has 1 aromatic carbocycles. The molecule has 15 heavy (non-hydrogen) atoms. The fourth-order valence-corrected chi connectivity index (χ4v) is 2.51. The van der Waals surface area contributed by atoms with Crippen molar-refractivity contribution in [3.63, 3.8) is 0 Å². The summed E-state index contributed by atoms with van der Waals surface area (Å²) >= 11 is 0. The van der Waals surface area contributed by atoms with E-state index in [2.05, 4.69) is 42.3 Å². The van der Waals surface area contributed by atoms with Crippen LogP contribution in [-0.4, -0.2) is 11.0 Å². The van der Waals surface area contributed by atoms with E-state index in [4.69, 9.17) is 0 Å². The summed E-state index contributed by atoms with van der Waals surface area (Å²) in [5, 5.41) is 4.90. The molecule has 2 N–H and O–H groups in total. The smallest absolute Gasteiger partial charge is 0.0489 e. The van der Waals surface area contributed by atoms with Crippen LogP contribution in [-0.2, 0) is 13.0 Å². The van der Waals surface area contributed by atoms with Crippen LogP contribution in [0.1, 0.15) is 23.7 Å². The Morgan fingerprint density at radius 3 is 3.07 bits per heavy atom. The van der Waals surface area contributed by atoms with Gasteiger partial charge in [0.2, 0.25) is 0 Å². The number of para-hydroxylation sites is 1. The molecular formula is C13H16N2. The number of fused-ring (bicyclic) bond motifs is 3. The summed E-state index contributed by atoms with van der Waals surface area (Å²) in [5.74, 6) is 0. The van der Waals surface area contributed by atoms with Crippen molar-refractivity contribution < 1.29 is 0 Å². The lowest BCUT2D eigenvalue weighted by Crippen LogP contribution is -2.32. The Hall–Kier alpha value is -1.28. The zero-order valence-corrected chi connectivity index (χ0v) is 9.22. The van der Waals surface area contributed by atoms with Gasteiger partial charge in [-0.05, 0) is 31.4 Å². The van der Waals surface area contributed by atoms with Gasteiger partial charge in [-0.1, -0.05) is 18.2 Å². The first-order valence-corrected chi connectivity index (χ1v) is 5.58. The van der Waals surface area contributed by atoms with Crippen molar-refractivity contribution in [1.82, 2.24) is 10.3 Å². The van der Waals surface area contributed by atoms with Crippen LogP contribution in [0.5, 0.6) is 0 Å². The van der Waals surface area contributed by atoms with Crippen molar-refractivity contribution in [1.29, 1.82) is 0 Å². The predicted octanol–water partition coefficient (Wildman–Crippen LogP) is 2.51. The fraction of sp³-hybridized carbons (Fsp3) is 0.385. The van der Waals surface area contributed by atoms with E-state index >= 15 is 0 Å². The molecule has 0 spiro atoms. The molecule has 0 fully saturated rings. The molecule has 2 aromatic rings. The minimum atomic E-state index is 0.594. The summed E-state index contributed by atoms with van der Waals surface area (Å²) in [5.41, 5.74) is 5.55. The van der Waals surface area contributed by atoms with Crippen molar-refractivity contribution in [3.8, 4) is 0 Å². The Bertz CT molecular complexity index is 510. The topological polar surface area (TPSA) is 27.8 Å². The Balaban J connectivity index is 2.29. The van der Waals surface area contributed by atoms with Crippen LogP contribution in [0.25, 0.3) is 10.9 Å². The Morgan fingerprint density at radius 2 is 2.20 bits per heavy atom. The van der Waals surface area contributed by atoms with Gasteiger partial charge in [0.1, 0.15) is 0 Å². The van der Waals surface area contributed by atoms with E-state index in [9.17, 15) is 0 Å². The first-order chi connectivity index (χ1) is 7.25. The first-order valence-electron chi connectivity index (χ1n) is 5.58. The van der Waals surface area contributed by atoms with Gasteiger partial charge in [-0.3, -0.25) is 0 Å². The second-order valence-corrected chi connectivity index (χ2v) is 4.57. The molecule has 0 saturated heterocycles. The van der Waals surface area contributed by atoms with Crippen molar-refractivity contribution in [2.24, 2.45) is 0 Å². The highest BCUT2D eigenvalue weighted by atomic mass is 14.9. The lowest BCUT2D eigenvalue weighted by molar-refractivity contribution is 0.511. The fourth-order valence-electron chi connectivity index (χ4n) is 2.51. The molecule has 0 aliphatic carbocycles. The SMILES string of the molecule is Cc1cccc2c3c([nH]c12)CNC(C)C3. The third-order valence-corrected chi connectivity index (χ3v) is 3.38. The van der Waals surface area contributed by atoms with Gasteiger partial charge in [-0.2, -0.15) is 0 Å². The van der Waals surface area contributed by atoms with Crippen LogP contribution in [0.15, 0.2) is 18.2 Å². The third kappa shape index (κ3) is 1.29. The number of hydrogen-bond donors (Lipinski definition) is 2. The number of aromatic amines is 1. The molecule has 0 amide bonds. The quantitative estimate of drug-likeness (QED) is 0.672. The summed E-state index contributed by atoms with van der Waals surface area (Å²) in [7, 11) is 0. The number of nitrogens with one attached hydrogen (secondary N) is 2. The largest absolute Gasteiger partial charge is 0.357 e. The highest BCUT2D eigenvalue weighted by Gasteiger charge is 2.19. The normalized spacial score (nSPS) is 20.5. The van der Waals surface area contributed by atoms with Gasteiger partial charge in [-0.15, -0.1) is 0 Å². The highest BCUT2D eigenvalue weighted by Crippen LogP contribution is 2.28. The number of hydrogen-bond acceptors (Lipinski definition) is 1. The Labute approximate surface area is 89.7 Å². The maximum Gasteiger partial charge on any atom is 0.0489 e. The minimum Gasteiger partial charge on any atom is -0.357 e. The average Bonchev–Trinajstić information content (AvgIpc) is 2.58. The van der Waals surface area contributed by atoms with Crippen LogP contribution in [0.4, 0.5) is 0 Å². The molecule has 2 heteroatoms. The van der Waals surface area contributed by atoms with Crippen molar-refractivity contribution in [3.05, 3.63) is 35.0 Å². The molecular weight excluding hydrogens is 184 g/mol. The number of rotatable bonds is 0. The van der Waals surface area contributed by atoms with E-state index in [0.29, 0.717) is 6.04 Å². The minimum absolute atomic E-state index is 0.594. The van der Waals surface area contributed by atoms with Crippen LogP contribution >= 0.6 is 0 Å². The second-order valence-electron chi connectivity index (χ2n) is 4.57. The van der Waals surface area contributed by atoms with Gasteiger partial charge in [-0.25, -0.2) is 0 Å². The van der Waals surface area contributed by atoms with E-state index in [1.807, 2.05) is 0 Å². The summed E-state index contributed by atoms with van der Waals surface area (Å²) in [6, 6.07) is 7.15. The lowest BCUT2D eigenvalue weighted by Gasteiger charge is -2.20. The van der Waals surface area contributed by atoms with Crippen LogP contribution in [0.3, 0.4) is 0 Å². The van der Waals surface area contributed by atoms with E-state index in [1.165, 1.54) is 27.7 Å². The standard InChI is InChI=1S/C13H16N2/c1-8-4-3-5-10-11-6-9(2)14-7-12(11)15-13(8)10/h3-5,9,14-15H,6-7H2,1-2H3. The molecule has 78 valence electrons. The van der Waals surface area contributed by atoms with E-state index in [1.54, 1.807) is 0 Å². The third-order valence-electron chi connectivity index (χ3n) is 3.38. The number of H-pyrrole nitrogens is 1. The molecule has 3 rings (SSSR count). The lowest BCUT2D eigenvalue weighted by atomic mass is 9.99. The number of aryl methyl sites for hydroxylation is 1. The van der Waals surface area contributed by atoms with Gasteiger partial charge in [0, 0.05) is 29.2 Å². The maximum absolute atomic E-state index is 3.54. The van der Waals surface area contributed by atoms with Gasteiger partial charge in [0.25, 0.3) is 0 Å². The van der Waals surface area contributed by atoms with Gasteiger partial charge >= 0.3 is 0 Å². The zero-order chi connectivity index (χ0) is 10.4. The molecule has 1 aliphatic rings. The maximum atomic E-state index is 3.54. The van der Waals surface area contributed by atoms with Gasteiger partial charge in [0.05, 0.1) is 0 Å². The molecule has 1 aliphatic heterocycles. The van der Waals surface area contributed by atoms with E-state index in [-0.39, 0.29) is 0 Å². The van der Waals surface area contributed by atoms with Crippen LogP contribution in [0, 0.1) is 6.92 Å². The zero-order valence-electron chi connectivity index (χ0n) is 9.22. The van der Waals surface area contributed by atoms with E-state index in [0.717, 1.165) is 13.0 Å². The van der Waals surface area contributed by atoms with Crippen LogP contribution < -0.4 is 5.32 Å². The van der Waals surface area contributed by atoms with Crippen molar-refractivity contribution in [2.45, 2.75) is 32.9 Å². The first kappa shape index (κ1) is 8.98. The molecule has 2 heterocycles. The number of benzene rings is 1. The summed E-state index contributed by atoms with van der Waals surface area (Å²) in [4.78, 5) is 3.54. The monoisotopic (exact) mass is 200 g/mol. The molecule has 1 atom stereocenters. The molecule has 1 aromatic heterocycles. The summed E-state index contributed by atoms with van der Waals surface area (Å²) in [6.45, 7) is 5.39. The van der Waals surface area contributed by atoms with Crippen molar-refractivity contribution >= 4 is 10.9 Å². The second kappa shape index (κ2) is 3.11. The Kier molecular flexibility index (Phi) is 1.86. The molecule has 0 radical (unpaired) electrons. The average molecular weight is 200 g/mol. The molecule has 2 nitrogen and oxygen atoms in total. The predicted molar refractivity (Wildman–Crippen MR) is 63.0 cm³/mol. The molecule has 0 bridgehead atoms. The van der Waals surface area contributed by atoms with Gasteiger partial charge in [0.15, 0.2) is 0 Å². The van der Waals surface area contributed by atoms with Crippen LogP contribution in [0.2, 0.25) is 0 Å². The summed E-state index contributed by atoms with van der Waals surface area (Å²) in [6.07, 6.45) is 1.14.